The van der Waals surface area contributed by atoms with Gasteiger partial charge in [-0.05, 0) is 47.4 Å². The summed E-state index contributed by atoms with van der Waals surface area (Å²) in [6, 6.07) is 22.7. The van der Waals surface area contributed by atoms with Gasteiger partial charge in [-0.15, -0.1) is 0 Å². The molecule has 0 atom stereocenters. The molecule has 6 heteroatoms. The number of rotatable bonds is 7. The highest BCUT2D eigenvalue weighted by Crippen LogP contribution is 2.30. The molecule has 0 fully saturated rings. The fraction of sp³-hybridized carbons (Fsp3) is 0.200. The summed E-state index contributed by atoms with van der Waals surface area (Å²) in [5.41, 5.74) is 3.51. The number of hydrogen-bond donors (Lipinski definition) is 1. The van der Waals surface area contributed by atoms with E-state index in [1.54, 1.807) is 12.1 Å². The molecule has 0 aliphatic carbocycles. The number of nitrogens with one attached hydrogen (secondary N) is 1. The molecule has 0 bridgehead atoms. The molecule has 0 saturated heterocycles. The number of ether oxygens (including phenoxy) is 3. The number of fused-ring (bicyclic) bond motifs is 1. The van der Waals surface area contributed by atoms with E-state index < -0.39 is 5.97 Å². The average molecular weight is 417 g/mol. The Morgan fingerprint density at radius 3 is 2.32 bits per heavy atom. The van der Waals surface area contributed by atoms with Crippen LogP contribution in [-0.2, 0) is 16.0 Å². The van der Waals surface area contributed by atoms with E-state index in [1.807, 2.05) is 60.7 Å². The molecule has 0 unspecified atom stereocenters. The lowest BCUT2D eigenvalue weighted by Crippen LogP contribution is -2.30. The van der Waals surface area contributed by atoms with E-state index in [0.717, 1.165) is 28.2 Å². The second kappa shape index (κ2) is 9.80. The van der Waals surface area contributed by atoms with Gasteiger partial charge in [0.1, 0.15) is 13.2 Å². The van der Waals surface area contributed by atoms with Crippen LogP contribution >= 0.6 is 0 Å². The summed E-state index contributed by atoms with van der Waals surface area (Å²) in [5, 5.41) is 2.76. The van der Waals surface area contributed by atoms with Gasteiger partial charge in [0.2, 0.25) is 0 Å². The van der Waals surface area contributed by atoms with Crippen LogP contribution in [0.25, 0.3) is 11.1 Å². The molecule has 1 N–H and O–H groups in total. The minimum absolute atomic E-state index is 0.319. The Labute approximate surface area is 180 Å². The largest absolute Gasteiger partial charge is 0.486 e. The van der Waals surface area contributed by atoms with Crippen molar-refractivity contribution in [2.24, 2.45) is 0 Å². The van der Waals surface area contributed by atoms with Crippen LogP contribution in [0.15, 0.2) is 72.8 Å². The minimum Gasteiger partial charge on any atom is -0.486 e. The Morgan fingerprint density at radius 1 is 0.839 bits per heavy atom. The molecular weight excluding hydrogens is 394 g/mol. The molecule has 0 radical (unpaired) electrons. The van der Waals surface area contributed by atoms with Gasteiger partial charge in [0, 0.05) is 6.54 Å². The highest BCUT2D eigenvalue weighted by molar-refractivity contribution is 5.91. The van der Waals surface area contributed by atoms with Gasteiger partial charge in [0.05, 0.1) is 5.56 Å². The second-order valence-corrected chi connectivity index (χ2v) is 7.10. The fourth-order valence-electron chi connectivity index (χ4n) is 3.28. The molecule has 31 heavy (non-hydrogen) atoms. The molecule has 1 amide bonds. The number of amides is 1. The van der Waals surface area contributed by atoms with Crippen LogP contribution < -0.4 is 14.8 Å². The Bertz CT molecular complexity index is 1050. The zero-order valence-electron chi connectivity index (χ0n) is 17.0. The van der Waals surface area contributed by atoms with E-state index in [1.165, 1.54) is 0 Å². The van der Waals surface area contributed by atoms with Crippen LogP contribution in [0.4, 0.5) is 0 Å². The van der Waals surface area contributed by atoms with Gasteiger partial charge in [0.25, 0.3) is 5.91 Å². The summed E-state index contributed by atoms with van der Waals surface area (Å²) in [4.78, 5) is 24.2. The van der Waals surface area contributed by atoms with E-state index in [2.05, 4.69) is 5.32 Å². The first-order valence-electron chi connectivity index (χ1n) is 10.2. The van der Waals surface area contributed by atoms with Gasteiger partial charge < -0.3 is 19.5 Å². The SMILES string of the molecule is O=C(COC(=O)c1ccc(-c2ccccc2)cc1)NCCc1ccc2c(c1)OCCO2. The van der Waals surface area contributed by atoms with E-state index in [4.69, 9.17) is 14.2 Å². The smallest absolute Gasteiger partial charge is 0.338 e. The van der Waals surface area contributed by atoms with Crippen molar-refractivity contribution in [1.82, 2.24) is 5.32 Å². The first-order chi connectivity index (χ1) is 15.2. The van der Waals surface area contributed by atoms with Crippen LogP contribution in [0.5, 0.6) is 11.5 Å². The van der Waals surface area contributed by atoms with Crippen molar-refractivity contribution >= 4 is 11.9 Å². The third-order valence-electron chi connectivity index (χ3n) is 4.90. The topological polar surface area (TPSA) is 73.9 Å². The van der Waals surface area contributed by atoms with Gasteiger partial charge in [-0.1, -0.05) is 48.5 Å². The van der Waals surface area contributed by atoms with Crippen molar-refractivity contribution in [3.8, 4) is 22.6 Å². The third kappa shape index (κ3) is 5.42. The molecule has 3 aromatic rings. The lowest BCUT2D eigenvalue weighted by atomic mass is 10.0. The number of carbonyl (C=O) groups excluding carboxylic acids is 2. The van der Waals surface area contributed by atoms with Crippen molar-refractivity contribution in [1.29, 1.82) is 0 Å². The molecule has 158 valence electrons. The molecule has 1 heterocycles. The van der Waals surface area contributed by atoms with Crippen LogP contribution in [-0.4, -0.2) is 38.2 Å². The number of esters is 1. The fourth-order valence-corrected chi connectivity index (χ4v) is 3.28. The van der Waals surface area contributed by atoms with Crippen molar-refractivity contribution in [2.75, 3.05) is 26.4 Å². The lowest BCUT2D eigenvalue weighted by Gasteiger charge is -2.18. The van der Waals surface area contributed by atoms with Crippen molar-refractivity contribution < 1.29 is 23.8 Å². The summed E-state index contributed by atoms with van der Waals surface area (Å²) in [7, 11) is 0. The maximum Gasteiger partial charge on any atom is 0.338 e. The first kappa shape index (κ1) is 20.5. The van der Waals surface area contributed by atoms with Crippen molar-refractivity contribution in [2.45, 2.75) is 6.42 Å². The van der Waals surface area contributed by atoms with Crippen molar-refractivity contribution in [3.05, 3.63) is 83.9 Å². The van der Waals surface area contributed by atoms with Gasteiger partial charge in [-0.2, -0.15) is 0 Å². The third-order valence-corrected chi connectivity index (χ3v) is 4.90. The highest BCUT2D eigenvalue weighted by atomic mass is 16.6. The van der Waals surface area contributed by atoms with E-state index >= 15 is 0 Å². The average Bonchev–Trinajstić information content (AvgIpc) is 2.83. The predicted molar refractivity (Wildman–Crippen MR) is 116 cm³/mol. The van der Waals surface area contributed by atoms with E-state index in [-0.39, 0.29) is 12.5 Å². The molecule has 0 saturated carbocycles. The maximum absolute atomic E-state index is 12.2. The Hall–Kier alpha value is -3.80. The van der Waals surface area contributed by atoms with Gasteiger partial charge in [-0.3, -0.25) is 4.79 Å². The molecule has 4 rings (SSSR count). The Kier molecular flexibility index (Phi) is 6.47. The van der Waals surface area contributed by atoms with E-state index in [0.29, 0.717) is 31.7 Å². The predicted octanol–water partition coefficient (Wildman–Crippen LogP) is 3.64. The lowest BCUT2D eigenvalue weighted by molar-refractivity contribution is -0.124. The van der Waals surface area contributed by atoms with Crippen molar-refractivity contribution in [3.63, 3.8) is 0 Å². The molecule has 3 aromatic carbocycles. The summed E-state index contributed by atoms with van der Waals surface area (Å²) >= 11 is 0. The number of hydrogen-bond acceptors (Lipinski definition) is 5. The molecular formula is C25H23NO5. The standard InChI is InChI=1S/C25H23NO5/c27-24(26-13-12-18-6-11-22-23(16-18)30-15-14-29-22)17-31-25(28)21-9-7-20(8-10-21)19-4-2-1-3-5-19/h1-11,16H,12-15,17H2,(H,26,27). The normalized spacial score (nSPS) is 12.1. The number of benzene rings is 3. The van der Waals surface area contributed by atoms with Crippen LogP contribution in [0, 0.1) is 0 Å². The van der Waals surface area contributed by atoms with Gasteiger partial charge >= 0.3 is 5.97 Å². The summed E-state index contributed by atoms with van der Waals surface area (Å²) < 4.78 is 16.2. The summed E-state index contributed by atoms with van der Waals surface area (Å²) in [5.74, 6) is 0.596. The van der Waals surface area contributed by atoms with Crippen LogP contribution in [0.3, 0.4) is 0 Å². The maximum atomic E-state index is 12.2. The molecule has 6 nitrogen and oxygen atoms in total. The highest BCUT2D eigenvalue weighted by Gasteiger charge is 2.13. The summed E-state index contributed by atoms with van der Waals surface area (Å²) in [6.07, 6.45) is 0.636. The Balaban J connectivity index is 1.21. The monoisotopic (exact) mass is 417 g/mol. The summed E-state index contributed by atoms with van der Waals surface area (Å²) in [6.45, 7) is 1.20. The van der Waals surface area contributed by atoms with Gasteiger partial charge in [-0.25, -0.2) is 4.79 Å². The van der Waals surface area contributed by atoms with Crippen LogP contribution in [0.2, 0.25) is 0 Å². The molecule has 1 aliphatic rings. The van der Waals surface area contributed by atoms with E-state index in [9.17, 15) is 9.59 Å². The van der Waals surface area contributed by atoms with Crippen LogP contribution in [0.1, 0.15) is 15.9 Å². The van der Waals surface area contributed by atoms with Gasteiger partial charge in [0.15, 0.2) is 18.1 Å². The second-order valence-electron chi connectivity index (χ2n) is 7.10. The molecule has 0 aromatic heterocycles. The number of carbonyl (C=O) groups is 2. The zero-order valence-corrected chi connectivity index (χ0v) is 17.0. The molecule has 0 spiro atoms. The first-order valence-corrected chi connectivity index (χ1v) is 10.2. The minimum atomic E-state index is -0.526. The quantitative estimate of drug-likeness (QED) is 0.594. The Morgan fingerprint density at radius 2 is 1.55 bits per heavy atom. The zero-order chi connectivity index (χ0) is 21.5. The molecule has 1 aliphatic heterocycles.